The number of carbonyl (C=O) groups is 3. The molecule has 0 aromatic carbocycles. The highest BCUT2D eigenvalue weighted by atomic mass is 79.9. The van der Waals surface area contributed by atoms with Crippen molar-refractivity contribution in [1.29, 1.82) is 0 Å². The summed E-state index contributed by atoms with van der Waals surface area (Å²) in [5.41, 5.74) is 4.44. The molecule has 21 heavy (non-hydrogen) atoms. The largest absolute Gasteiger partial charge is 0.444 e. The van der Waals surface area contributed by atoms with Gasteiger partial charge >= 0.3 is 0 Å². The number of nitrogens with one attached hydrogen (secondary N) is 3. The third-order valence-corrected chi connectivity index (χ3v) is 3.56. The van der Waals surface area contributed by atoms with E-state index in [0.717, 1.165) is 0 Å². The molecule has 2 aromatic heterocycles. The minimum Gasteiger partial charge on any atom is -0.444 e. The Balaban J connectivity index is 1.72. The van der Waals surface area contributed by atoms with E-state index in [1.165, 1.54) is 17.4 Å². The van der Waals surface area contributed by atoms with E-state index in [1.54, 1.807) is 23.6 Å². The van der Waals surface area contributed by atoms with Crippen LogP contribution in [0.3, 0.4) is 0 Å². The quantitative estimate of drug-likeness (QED) is 0.705. The molecule has 0 bridgehead atoms. The Morgan fingerprint density at radius 1 is 1.14 bits per heavy atom. The summed E-state index contributed by atoms with van der Waals surface area (Å²) in [6, 6.07) is 6.39. The fraction of sp³-hybridized carbons (Fsp3) is 0.0833. The number of hydrazine groups is 1. The molecule has 0 unspecified atom stereocenters. The monoisotopic (exact) mass is 371 g/mol. The lowest BCUT2D eigenvalue weighted by molar-refractivity contribution is -0.120. The van der Waals surface area contributed by atoms with Gasteiger partial charge in [-0.25, -0.2) is 0 Å². The highest BCUT2D eigenvalue weighted by Gasteiger charge is 2.12. The van der Waals surface area contributed by atoms with Crippen molar-refractivity contribution in [2.45, 2.75) is 0 Å². The summed E-state index contributed by atoms with van der Waals surface area (Å²) in [4.78, 5) is 35.1. The van der Waals surface area contributed by atoms with Crippen molar-refractivity contribution in [1.82, 2.24) is 16.2 Å². The van der Waals surface area contributed by atoms with Gasteiger partial charge in [-0.05, 0) is 39.5 Å². The first kappa shape index (κ1) is 15.3. The Hall–Kier alpha value is -2.13. The molecule has 0 spiro atoms. The van der Waals surface area contributed by atoms with Crippen LogP contribution in [0.4, 0.5) is 0 Å². The van der Waals surface area contributed by atoms with E-state index < -0.39 is 17.7 Å². The lowest BCUT2D eigenvalue weighted by Gasteiger charge is -2.06. The molecule has 0 radical (unpaired) electrons. The molecular formula is C12H10BrN3O4S. The van der Waals surface area contributed by atoms with Crippen molar-refractivity contribution in [2.75, 3.05) is 6.54 Å². The van der Waals surface area contributed by atoms with Gasteiger partial charge in [-0.2, -0.15) is 0 Å². The van der Waals surface area contributed by atoms with Crippen molar-refractivity contribution in [3.05, 3.63) is 45.0 Å². The first-order chi connectivity index (χ1) is 10.1. The maximum atomic E-state index is 11.6. The van der Waals surface area contributed by atoms with Gasteiger partial charge in [0, 0.05) is 0 Å². The molecule has 9 heteroatoms. The molecule has 2 heterocycles. The van der Waals surface area contributed by atoms with E-state index in [-0.39, 0.29) is 12.3 Å². The fourth-order valence-corrected chi connectivity index (χ4v) is 2.25. The predicted octanol–water partition coefficient (Wildman–Crippen LogP) is 1.29. The number of halogens is 1. The van der Waals surface area contributed by atoms with Crippen LogP contribution in [-0.4, -0.2) is 24.3 Å². The van der Waals surface area contributed by atoms with Crippen LogP contribution in [-0.2, 0) is 4.79 Å². The van der Waals surface area contributed by atoms with E-state index in [2.05, 4.69) is 32.1 Å². The van der Waals surface area contributed by atoms with Gasteiger partial charge in [0.2, 0.25) is 0 Å². The number of hydrogen-bond donors (Lipinski definition) is 3. The summed E-state index contributed by atoms with van der Waals surface area (Å²) in [5, 5.41) is 4.10. The molecule has 2 rings (SSSR count). The Labute approximate surface area is 131 Å². The second-order valence-electron chi connectivity index (χ2n) is 3.77. The molecular weight excluding hydrogens is 362 g/mol. The summed E-state index contributed by atoms with van der Waals surface area (Å²) >= 11 is 4.32. The van der Waals surface area contributed by atoms with E-state index in [1.807, 2.05) is 0 Å². The smallest absolute Gasteiger partial charge is 0.287 e. The topological polar surface area (TPSA) is 100 Å². The summed E-state index contributed by atoms with van der Waals surface area (Å²) < 4.78 is 5.45. The molecule has 0 aliphatic carbocycles. The molecule has 110 valence electrons. The molecule has 0 aliphatic heterocycles. The second kappa shape index (κ2) is 7.04. The predicted molar refractivity (Wildman–Crippen MR) is 78.7 cm³/mol. The van der Waals surface area contributed by atoms with Crippen molar-refractivity contribution < 1.29 is 18.8 Å². The zero-order valence-electron chi connectivity index (χ0n) is 10.5. The van der Waals surface area contributed by atoms with Crippen LogP contribution in [0.15, 0.2) is 38.7 Å². The third-order valence-electron chi connectivity index (χ3n) is 2.27. The van der Waals surface area contributed by atoms with Crippen LogP contribution in [0.1, 0.15) is 20.2 Å². The Morgan fingerprint density at radius 3 is 2.57 bits per heavy atom. The minimum absolute atomic E-state index is 0.0808. The van der Waals surface area contributed by atoms with Crippen LogP contribution in [0.25, 0.3) is 0 Å². The lowest BCUT2D eigenvalue weighted by Crippen LogP contribution is -2.46. The van der Waals surface area contributed by atoms with Gasteiger partial charge in [-0.3, -0.25) is 25.2 Å². The van der Waals surface area contributed by atoms with Gasteiger partial charge in [0.1, 0.15) is 0 Å². The maximum Gasteiger partial charge on any atom is 0.287 e. The fourth-order valence-electron chi connectivity index (χ4n) is 1.32. The van der Waals surface area contributed by atoms with Crippen LogP contribution in [0.5, 0.6) is 0 Å². The van der Waals surface area contributed by atoms with Gasteiger partial charge in [0.25, 0.3) is 17.7 Å². The number of rotatable bonds is 4. The van der Waals surface area contributed by atoms with Gasteiger partial charge in [0.15, 0.2) is 10.4 Å². The van der Waals surface area contributed by atoms with Crippen molar-refractivity contribution in [2.24, 2.45) is 0 Å². The third kappa shape index (κ3) is 4.43. The number of furan rings is 1. The van der Waals surface area contributed by atoms with E-state index >= 15 is 0 Å². The zero-order valence-corrected chi connectivity index (χ0v) is 12.9. The Morgan fingerprint density at radius 2 is 1.95 bits per heavy atom. The number of thiophene rings is 1. The number of amides is 3. The molecule has 3 N–H and O–H groups in total. The van der Waals surface area contributed by atoms with Crippen molar-refractivity contribution >= 4 is 45.0 Å². The van der Waals surface area contributed by atoms with Crippen LogP contribution in [0.2, 0.25) is 0 Å². The van der Waals surface area contributed by atoms with Crippen LogP contribution < -0.4 is 16.2 Å². The highest BCUT2D eigenvalue weighted by molar-refractivity contribution is 9.10. The Kier molecular flexibility index (Phi) is 5.12. The molecule has 0 saturated heterocycles. The van der Waals surface area contributed by atoms with Gasteiger partial charge in [-0.15, -0.1) is 11.3 Å². The average Bonchev–Trinajstić information content (AvgIpc) is 3.13. The second-order valence-corrected chi connectivity index (χ2v) is 5.50. The standard InChI is InChI=1S/C12H10BrN3O4S/c13-9-4-3-7(20-9)11(18)14-6-10(17)15-16-12(19)8-2-1-5-21-8/h1-5H,6H2,(H,14,18)(H,15,17)(H,16,19). The number of hydrogen-bond acceptors (Lipinski definition) is 5. The van der Waals surface area contributed by atoms with Crippen molar-refractivity contribution in [3.63, 3.8) is 0 Å². The maximum absolute atomic E-state index is 11.6. The van der Waals surface area contributed by atoms with E-state index in [0.29, 0.717) is 9.55 Å². The van der Waals surface area contributed by atoms with E-state index in [9.17, 15) is 14.4 Å². The van der Waals surface area contributed by atoms with Gasteiger partial charge < -0.3 is 9.73 Å². The van der Waals surface area contributed by atoms with Crippen molar-refractivity contribution in [3.8, 4) is 0 Å². The zero-order chi connectivity index (χ0) is 15.2. The SMILES string of the molecule is O=C(CNC(=O)c1ccc(Br)o1)NNC(=O)c1cccs1. The number of carbonyl (C=O) groups excluding carboxylic acids is 3. The lowest BCUT2D eigenvalue weighted by atomic mass is 10.4. The minimum atomic E-state index is -0.557. The summed E-state index contributed by atoms with van der Waals surface area (Å²) in [6.45, 7) is -0.290. The van der Waals surface area contributed by atoms with Gasteiger partial charge in [0.05, 0.1) is 11.4 Å². The Bertz CT molecular complexity index is 653. The molecule has 0 saturated carbocycles. The molecule has 3 amide bonds. The molecule has 0 fully saturated rings. The van der Waals surface area contributed by atoms with E-state index in [4.69, 9.17) is 4.42 Å². The summed E-state index contributed by atoms with van der Waals surface area (Å²) in [5.74, 6) is -1.42. The normalized spacial score (nSPS) is 9.95. The summed E-state index contributed by atoms with van der Waals surface area (Å²) in [7, 11) is 0. The molecule has 2 aromatic rings. The molecule has 0 atom stereocenters. The average molecular weight is 372 g/mol. The first-order valence-electron chi connectivity index (χ1n) is 5.72. The summed E-state index contributed by atoms with van der Waals surface area (Å²) in [6.07, 6.45) is 0. The van der Waals surface area contributed by atoms with Gasteiger partial charge in [-0.1, -0.05) is 6.07 Å². The molecule has 7 nitrogen and oxygen atoms in total. The molecule has 0 aliphatic rings. The first-order valence-corrected chi connectivity index (χ1v) is 7.40. The highest BCUT2D eigenvalue weighted by Crippen LogP contribution is 2.13. The van der Waals surface area contributed by atoms with Crippen LogP contribution >= 0.6 is 27.3 Å². The van der Waals surface area contributed by atoms with Crippen LogP contribution in [0, 0.1) is 0 Å².